The number of carbonyl (C=O) groups excluding carboxylic acids is 1. The molecular weight excluding hydrogens is 342 g/mol. The summed E-state index contributed by atoms with van der Waals surface area (Å²) in [4.78, 5) is 22.1. The standard InChI is InChI=1S/C19H27N7O/c27-19(24-10-1-5-20-9-11-24)14-12-25(13-14)18-15-2-6-21-7-3-16(15)23-17-4-8-22-26(17)18/h4,8,14,20-21H,1-3,5-7,9-13H2. The molecule has 5 heterocycles. The Morgan fingerprint density at radius 3 is 2.85 bits per heavy atom. The van der Waals surface area contributed by atoms with E-state index in [2.05, 4.69) is 20.6 Å². The van der Waals surface area contributed by atoms with Crippen molar-refractivity contribution in [3.05, 3.63) is 23.5 Å². The van der Waals surface area contributed by atoms with Gasteiger partial charge in [0.2, 0.25) is 5.91 Å². The average molecular weight is 369 g/mol. The normalized spacial score (nSPS) is 21.5. The molecule has 2 aromatic heterocycles. The van der Waals surface area contributed by atoms with Crippen LogP contribution in [0.4, 0.5) is 5.82 Å². The van der Waals surface area contributed by atoms with E-state index in [1.807, 2.05) is 21.7 Å². The van der Waals surface area contributed by atoms with Crippen LogP contribution in [0, 0.1) is 5.92 Å². The van der Waals surface area contributed by atoms with Gasteiger partial charge in [0.25, 0.3) is 0 Å². The topological polar surface area (TPSA) is 77.8 Å². The number of hydrogen-bond acceptors (Lipinski definition) is 6. The molecule has 2 aromatic rings. The molecule has 5 rings (SSSR count). The molecule has 2 saturated heterocycles. The van der Waals surface area contributed by atoms with E-state index < -0.39 is 0 Å². The van der Waals surface area contributed by atoms with Gasteiger partial charge in [-0.25, -0.2) is 4.98 Å². The number of amides is 1. The van der Waals surface area contributed by atoms with Crippen LogP contribution in [-0.2, 0) is 17.6 Å². The highest BCUT2D eigenvalue weighted by molar-refractivity contribution is 5.82. The third-order valence-corrected chi connectivity index (χ3v) is 5.96. The average Bonchev–Trinajstić information content (AvgIpc) is 2.84. The number of rotatable bonds is 2. The number of nitrogens with one attached hydrogen (secondary N) is 2. The maximum atomic E-state index is 12.9. The first-order valence-electron chi connectivity index (χ1n) is 10.1. The highest BCUT2D eigenvalue weighted by atomic mass is 16.2. The summed E-state index contributed by atoms with van der Waals surface area (Å²) in [5.41, 5.74) is 3.37. The van der Waals surface area contributed by atoms with Crippen molar-refractivity contribution in [3.63, 3.8) is 0 Å². The van der Waals surface area contributed by atoms with E-state index in [1.165, 1.54) is 11.3 Å². The van der Waals surface area contributed by atoms with E-state index in [0.717, 1.165) is 83.1 Å². The molecule has 0 saturated carbocycles. The van der Waals surface area contributed by atoms with E-state index in [0.29, 0.717) is 5.91 Å². The van der Waals surface area contributed by atoms with Crippen LogP contribution in [0.2, 0.25) is 0 Å². The molecule has 1 amide bonds. The molecule has 0 radical (unpaired) electrons. The van der Waals surface area contributed by atoms with Gasteiger partial charge in [-0.1, -0.05) is 0 Å². The first-order chi connectivity index (χ1) is 13.3. The zero-order chi connectivity index (χ0) is 18.2. The SMILES string of the molecule is O=C(C1CN(c2c3c(nc4ccnn24)CCNCC3)C1)N1CCCNCC1. The molecule has 0 spiro atoms. The fourth-order valence-electron chi connectivity index (χ4n) is 4.47. The zero-order valence-electron chi connectivity index (χ0n) is 15.7. The Balaban J connectivity index is 1.38. The Kier molecular flexibility index (Phi) is 4.45. The smallest absolute Gasteiger partial charge is 0.229 e. The summed E-state index contributed by atoms with van der Waals surface area (Å²) in [6.45, 7) is 7.11. The molecule has 0 aliphatic carbocycles. The Bertz CT molecular complexity index is 834. The fourth-order valence-corrected chi connectivity index (χ4v) is 4.47. The number of aromatic nitrogens is 3. The summed E-state index contributed by atoms with van der Waals surface area (Å²) in [7, 11) is 0. The van der Waals surface area contributed by atoms with Gasteiger partial charge in [-0.3, -0.25) is 4.79 Å². The number of hydrogen-bond donors (Lipinski definition) is 2. The van der Waals surface area contributed by atoms with Gasteiger partial charge >= 0.3 is 0 Å². The minimum atomic E-state index is 0.0985. The highest BCUT2D eigenvalue weighted by Crippen LogP contribution is 2.32. The number of fused-ring (bicyclic) bond motifs is 2. The summed E-state index contributed by atoms with van der Waals surface area (Å²) in [6.07, 6.45) is 4.76. The van der Waals surface area contributed by atoms with Crippen LogP contribution in [0.5, 0.6) is 0 Å². The van der Waals surface area contributed by atoms with Crippen molar-refractivity contribution in [2.24, 2.45) is 5.92 Å². The molecule has 144 valence electrons. The van der Waals surface area contributed by atoms with Crippen LogP contribution < -0.4 is 15.5 Å². The predicted molar refractivity (Wildman–Crippen MR) is 103 cm³/mol. The minimum Gasteiger partial charge on any atom is -0.354 e. The van der Waals surface area contributed by atoms with Crippen LogP contribution >= 0.6 is 0 Å². The highest BCUT2D eigenvalue weighted by Gasteiger charge is 2.38. The van der Waals surface area contributed by atoms with Gasteiger partial charge in [0, 0.05) is 57.3 Å². The summed E-state index contributed by atoms with van der Waals surface area (Å²) in [5, 5.41) is 11.4. The molecule has 0 unspecified atom stereocenters. The predicted octanol–water partition coefficient (Wildman–Crippen LogP) is -0.324. The molecule has 0 atom stereocenters. The summed E-state index contributed by atoms with van der Waals surface area (Å²) >= 11 is 0. The van der Waals surface area contributed by atoms with Crippen LogP contribution in [0.1, 0.15) is 17.7 Å². The lowest BCUT2D eigenvalue weighted by molar-refractivity contribution is -0.136. The van der Waals surface area contributed by atoms with Crippen molar-refractivity contribution in [2.45, 2.75) is 19.3 Å². The van der Waals surface area contributed by atoms with Crippen LogP contribution in [-0.4, -0.2) is 77.8 Å². The van der Waals surface area contributed by atoms with Gasteiger partial charge in [-0.2, -0.15) is 9.61 Å². The molecular formula is C19H27N7O. The lowest BCUT2D eigenvalue weighted by Gasteiger charge is -2.42. The second-order valence-electron chi connectivity index (χ2n) is 7.74. The molecule has 2 N–H and O–H groups in total. The van der Waals surface area contributed by atoms with Crippen LogP contribution in [0.15, 0.2) is 12.3 Å². The van der Waals surface area contributed by atoms with Crippen LogP contribution in [0.25, 0.3) is 5.65 Å². The summed E-state index contributed by atoms with van der Waals surface area (Å²) in [5.74, 6) is 1.56. The number of carbonyl (C=O) groups is 1. The third kappa shape index (κ3) is 3.06. The van der Waals surface area contributed by atoms with E-state index in [-0.39, 0.29) is 5.92 Å². The van der Waals surface area contributed by atoms with E-state index >= 15 is 0 Å². The monoisotopic (exact) mass is 369 g/mol. The largest absolute Gasteiger partial charge is 0.354 e. The quantitative estimate of drug-likeness (QED) is 0.755. The Labute approximate surface area is 158 Å². The number of anilines is 1. The van der Waals surface area contributed by atoms with E-state index in [1.54, 1.807) is 0 Å². The molecule has 27 heavy (non-hydrogen) atoms. The van der Waals surface area contributed by atoms with Gasteiger partial charge in [-0.05, 0) is 25.9 Å². The van der Waals surface area contributed by atoms with Crippen molar-refractivity contribution in [1.82, 2.24) is 30.1 Å². The van der Waals surface area contributed by atoms with E-state index in [4.69, 9.17) is 4.98 Å². The molecule has 0 aromatic carbocycles. The van der Waals surface area contributed by atoms with Crippen molar-refractivity contribution in [3.8, 4) is 0 Å². The first kappa shape index (κ1) is 16.9. The van der Waals surface area contributed by atoms with Gasteiger partial charge < -0.3 is 20.4 Å². The fraction of sp³-hybridized carbons (Fsp3) is 0.632. The summed E-state index contributed by atoms with van der Waals surface area (Å²) < 4.78 is 1.96. The molecule has 3 aliphatic heterocycles. The van der Waals surface area contributed by atoms with Gasteiger partial charge in [0.15, 0.2) is 5.65 Å². The van der Waals surface area contributed by atoms with Crippen molar-refractivity contribution in [2.75, 3.05) is 57.3 Å². The molecule has 3 aliphatic rings. The molecule has 8 nitrogen and oxygen atoms in total. The molecule has 2 fully saturated rings. The molecule has 0 bridgehead atoms. The second kappa shape index (κ2) is 7.09. The van der Waals surface area contributed by atoms with Crippen LogP contribution in [0.3, 0.4) is 0 Å². The lowest BCUT2D eigenvalue weighted by Crippen LogP contribution is -2.56. The molecule has 8 heteroatoms. The van der Waals surface area contributed by atoms with Crippen molar-refractivity contribution >= 4 is 17.4 Å². The van der Waals surface area contributed by atoms with Gasteiger partial charge in [0.05, 0.1) is 17.8 Å². The zero-order valence-corrected chi connectivity index (χ0v) is 15.7. The maximum absolute atomic E-state index is 12.9. The maximum Gasteiger partial charge on any atom is 0.229 e. The van der Waals surface area contributed by atoms with Gasteiger partial charge in [0.1, 0.15) is 5.82 Å². The van der Waals surface area contributed by atoms with Crippen molar-refractivity contribution < 1.29 is 4.79 Å². The minimum absolute atomic E-state index is 0.0985. The summed E-state index contributed by atoms with van der Waals surface area (Å²) in [6, 6.07) is 1.97. The Morgan fingerprint density at radius 2 is 1.93 bits per heavy atom. The van der Waals surface area contributed by atoms with E-state index in [9.17, 15) is 4.79 Å². The number of nitrogens with zero attached hydrogens (tertiary/aromatic N) is 5. The first-order valence-corrected chi connectivity index (χ1v) is 10.1. The Hall–Kier alpha value is -2.19. The third-order valence-electron chi connectivity index (χ3n) is 5.96. The van der Waals surface area contributed by atoms with Gasteiger partial charge in [-0.15, -0.1) is 0 Å². The second-order valence-corrected chi connectivity index (χ2v) is 7.74. The Morgan fingerprint density at radius 1 is 1.07 bits per heavy atom. The van der Waals surface area contributed by atoms with Crippen molar-refractivity contribution in [1.29, 1.82) is 0 Å². The lowest BCUT2D eigenvalue weighted by atomic mass is 9.96.